The minimum absolute atomic E-state index is 0.824. The van der Waals surface area contributed by atoms with E-state index in [2.05, 4.69) is 49.3 Å². The van der Waals surface area contributed by atoms with E-state index in [1.165, 1.54) is 5.56 Å². The SMILES string of the molecule is COc1ccc(Br)cc1-c1nn(-c2ccccc2Br)c2c1CCN2. The van der Waals surface area contributed by atoms with Crippen LogP contribution in [0.15, 0.2) is 51.4 Å². The van der Waals surface area contributed by atoms with E-state index in [4.69, 9.17) is 9.84 Å². The third-order valence-corrected chi connectivity index (χ3v) is 5.31. The Morgan fingerprint density at radius 3 is 2.79 bits per heavy atom. The molecule has 0 atom stereocenters. The zero-order chi connectivity index (χ0) is 16.7. The van der Waals surface area contributed by atoms with Crippen LogP contribution in [0.5, 0.6) is 5.75 Å². The molecule has 0 saturated heterocycles. The summed E-state index contributed by atoms with van der Waals surface area (Å²) < 4.78 is 9.55. The maximum Gasteiger partial charge on any atom is 0.133 e. The van der Waals surface area contributed by atoms with Crippen molar-refractivity contribution in [2.75, 3.05) is 19.0 Å². The molecule has 3 aromatic rings. The highest BCUT2D eigenvalue weighted by atomic mass is 79.9. The van der Waals surface area contributed by atoms with Gasteiger partial charge in [-0.1, -0.05) is 28.1 Å². The molecule has 6 heteroatoms. The van der Waals surface area contributed by atoms with Gasteiger partial charge in [0.2, 0.25) is 0 Å². The van der Waals surface area contributed by atoms with Crippen molar-refractivity contribution >= 4 is 37.7 Å². The number of anilines is 1. The largest absolute Gasteiger partial charge is 0.496 e. The minimum Gasteiger partial charge on any atom is -0.496 e. The summed E-state index contributed by atoms with van der Waals surface area (Å²) in [6.45, 7) is 0.918. The van der Waals surface area contributed by atoms with E-state index in [1.807, 2.05) is 35.0 Å². The molecule has 0 aliphatic carbocycles. The summed E-state index contributed by atoms with van der Waals surface area (Å²) in [7, 11) is 1.69. The number of nitrogens with zero attached hydrogens (tertiary/aromatic N) is 2. The molecule has 0 spiro atoms. The molecule has 24 heavy (non-hydrogen) atoms. The van der Waals surface area contributed by atoms with Crippen LogP contribution in [0.4, 0.5) is 5.82 Å². The molecular weight excluding hydrogens is 434 g/mol. The monoisotopic (exact) mass is 447 g/mol. The second kappa shape index (κ2) is 6.26. The van der Waals surface area contributed by atoms with Gasteiger partial charge in [0, 0.05) is 26.6 Å². The first kappa shape index (κ1) is 15.7. The summed E-state index contributed by atoms with van der Waals surface area (Å²) in [5, 5.41) is 8.37. The first-order valence-corrected chi connectivity index (χ1v) is 9.22. The van der Waals surface area contributed by atoms with Crippen molar-refractivity contribution in [3.05, 3.63) is 57.0 Å². The quantitative estimate of drug-likeness (QED) is 0.609. The molecule has 0 unspecified atom stereocenters. The van der Waals surface area contributed by atoms with Gasteiger partial charge >= 0.3 is 0 Å². The number of benzene rings is 2. The van der Waals surface area contributed by atoms with Crippen LogP contribution in [0.25, 0.3) is 16.9 Å². The Bertz CT molecular complexity index is 921. The lowest BCUT2D eigenvalue weighted by Gasteiger charge is -2.09. The van der Waals surface area contributed by atoms with E-state index >= 15 is 0 Å². The Labute approximate surface area is 157 Å². The summed E-state index contributed by atoms with van der Waals surface area (Å²) in [5.74, 6) is 1.88. The molecule has 0 fully saturated rings. The number of para-hydroxylation sites is 1. The summed E-state index contributed by atoms with van der Waals surface area (Å²) in [6, 6.07) is 14.1. The van der Waals surface area contributed by atoms with E-state index < -0.39 is 0 Å². The van der Waals surface area contributed by atoms with Gasteiger partial charge in [-0.25, -0.2) is 4.68 Å². The standard InChI is InChI=1S/C18H15Br2N3O/c1-24-16-7-6-11(19)10-13(16)17-12-8-9-21-18(12)23(22-17)15-5-3-2-4-14(15)20/h2-7,10,21H,8-9H2,1H3. The van der Waals surface area contributed by atoms with Gasteiger partial charge in [0.05, 0.1) is 12.8 Å². The highest BCUT2D eigenvalue weighted by Crippen LogP contribution is 2.40. The van der Waals surface area contributed by atoms with Crippen LogP contribution < -0.4 is 10.1 Å². The van der Waals surface area contributed by atoms with Gasteiger partial charge in [0.25, 0.3) is 0 Å². The van der Waals surface area contributed by atoms with Crippen molar-refractivity contribution in [3.63, 3.8) is 0 Å². The summed E-state index contributed by atoms with van der Waals surface area (Å²) in [6.07, 6.45) is 0.949. The lowest BCUT2D eigenvalue weighted by molar-refractivity contribution is 0.416. The minimum atomic E-state index is 0.824. The number of methoxy groups -OCH3 is 1. The zero-order valence-electron chi connectivity index (χ0n) is 13.0. The summed E-state index contributed by atoms with van der Waals surface area (Å²) in [4.78, 5) is 0. The first-order chi connectivity index (χ1) is 11.7. The van der Waals surface area contributed by atoms with Crippen molar-refractivity contribution in [3.8, 4) is 22.7 Å². The van der Waals surface area contributed by atoms with Crippen LogP contribution >= 0.6 is 31.9 Å². The fourth-order valence-electron chi connectivity index (χ4n) is 3.05. The molecule has 4 rings (SSSR count). The smallest absolute Gasteiger partial charge is 0.133 e. The highest BCUT2D eigenvalue weighted by molar-refractivity contribution is 9.10. The molecule has 0 amide bonds. The van der Waals surface area contributed by atoms with Gasteiger partial charge < -0.3 is 10.1 Å². The number of nitrogens with one attached hydrogen (secondary N) is 1. The molecule has 0 radical (unpaired) electrons. The maximum atomic E-state index is 5.55. The Balaban J connectivity index is 1.95. The second-order valence-corrected chi connectivity index (χ2v) is 7.33. The maximum absolute atomic E-state index is 5.55. The number of halogens is 2. The average Bonchev–Trinajstić information content (AvgIpc) is 3.18. The van der Waals surface area contributed by atoms with Crippen molar-refractivity contribution < 1.29 is 4.74 Å². The van der Waals surface area contributed by atoms with Gasteiger partial charge in [-0.05, 0) is 52.7 Å². The fraction of sp³-hybridized carbons (Fsp3) is 0.167. The molecule has 1 aliphatic rings. The van der Waals surface area contributed by atoms with Crippen LogP contribution in [0, 0.1) is 0 Å². The van der Waals surface area contributed by atoms with Crippen molar-refractivity contribution in [2.24, 2.45) is 0 Å². The van der Waals surface area contributed by atoms with Gasteiger partial charge in [0.1, 0.15) is 17.3 Å². The number of fused-ring (bicyclic) bond motifs is 1. The molecule has 2 heterocycles. The number of hydrogen-bond donors (Lipinski definition) is 1. The summed E-state index contributed by atoms with van der Waals surface area (Å²) >= 11 is 7.18. The topological polar surface area (TPSA) is 39.1 Å². The van der Waals surface area contributed by atoms with Gasteiger partial charge in [-0.3, -0.25) is 0 Å². The fourth-order valence-corrected chi connectivity index (χ4v) is 3.87. The molecule has 0 saturated carbocycles. The third-order valence-electron chi connectivity index (χ3n) is 4.15. The Morgan fingerprint density at radius 1 is 1.17 bits per heavy atom. The second-order valence-electron chi connectivity index (χ2n) is 5.56. The predicted molar refractivity (Wildman–Crippen MR) is 103 cm³/mol. The third kappa shape index (κ3) is 2.54. The van der Waals surface area contributed by atoms with Gasteiger partial charge in [0.15, 0.2) is 0 Å². The Kier molecular flexibility index (Phi) is 4.10. The molecule has 1 aromatic heterocycles. The van der Waals surface area contributed by atoms with Crippen molar-refractivity contribution in [1.29, 1.82) is 0 Å². The normalized spacial score (nSPS) is 12.8. The number of rotatable bonds is 3. The highest BCUT2D eigenvalue weighted by Gasteiger charge is 2.26. The van der Waals surface area contributed by atoms with Gasteiger partial charge in [-0.15, -0.1) is 0 Å². The lowest BCUT2D eigenvalue weighted by Crippen LogP contribution is -2.05. The molecule has 1 aliphatic heterocycles. The summed E-state index contributed by atoms with van der Waals surface area (Å²) in [5.41, 5.74) is 4.20. The number of aromatic nitrogens is 2. The molecule has 4 nitrogen and oxygen atoms in total. The zero-order valence-corrected chi connectivity index (χ0v) is 16.2. The van der Waals surface area contributed by atoms with E-state index in [0.717, 1.165) is 50.4 Å². The van der Waals surface area contributed by atoms with Crippen LogP contribution in [0.2, 0.25) is 0 Å². The average molecular weight is 449 g/mol. The lowest BCUT2D eigenvalue weighted by atomic mass is 10.1. The van der Waals surface area contributed by atoms with Crippen LogP contribution in [-0.2, 0) is 6.42 Å². The van der Waals surface area contributed by atoms with E-state index in [9.17, 15) is 0 Å². The molecular formula is C18H15Br2N3O. The molecule has 1 N–H and O–H groups in total. The van der Waals surface area contributed by atoms with Crippen LogP contribution in [0.1, 0.15) is 5.56 Å². The molecule has 2 aromatic carbocycles. The number of ether oxygens (including phenoxy) is 1. The van der Waals surface area contributed by atoms with Crippen LogP contribution in [-0.4, -0.2) is 23.4 Å². The Morgan fingerprint density at radius 2 is 2.00 bits per heavy atom. The molecule has 0 bridgehead atoms. The number of hydrogen-bond acceptors (Lipinski definition) is 3. The molecule has 122 valence electrons. The van der Waals surface area contributed by atoms with E-state index in [0.29, 0.717) is 0 Å². The Hall–Kier alpha value is -1.79. The van der Waals surface area contributed by atoms with Crippen molar-refractivity contribution in [2.45, 2.75) is 6.42 Å². The van der Waals surface area contributed by atoms with E-state index in [-0.39, 0.29) is 0 Å². The van der Waals surface area contributed by atoms with E-state index in [1.54, 1.807) is 7.11 Å². The van der Waals surface area contributed by atoms with Gasteiger partial charge in [-0.2, -0.15) is 5.10 Å². The van der Waals surface area contributed by atoms with Crippen molar-refractivity contribution in [1.82, 2.24) is 9.78 Å². The predicted octanol–water partition coefficient (Wildman–Crippen LogP) is 5.04. The van der Waals surface area contributed by atoms with Crippen LogP contribution in [0.3, 0.4) is 0 Å². The first-order valence-electron chi connectivity index (χ1n) is 7.63.